The van der Waals surface area contributed by atoms with Gasteiger partial charge >= 0.3 is 0 Å². The Labute approximate surface area is 140 Å². The molecule has 0 radical (unpaired) electrons. The Kier molecular flexibility index (Phi) is 4.53. The average molecular weight is 324 g/mol. The van der Waals surface area contributed by atoms with Crippen LogP contribution in [0.5, 0.6) is 5.75 Å². The number of para-hydroxylation sites is 1. The minimum atomic E-state index is -0.803. The van der Waals surface area contributed by atoms with Crippen LogP contribution < -0.4 is 10.1 Å². The van der Waals surface area contributed by atoms with Crippen molar-refractivity contribution in [3.63, 3.8) is 0 Å². The van der Waals surface area contributed by atoms with Gasteiger partial charge in [0, 0.05) is 11.6 Å². The molecule has 2 atom stereocenters. The number of benzene rings is 2. The lowest BCUT2D eigenvalue weighted by Gasteiger charge is -2.21. The molecule has 0 saturated heterocycles. The van der Waals surface area contributed by atoms with Crippen molar-refractivity contribution >= 4 is 16.8 Å². The molecular weight excluding hydrogens is 304 g/mol. The lowest BCUT2D eigenvalue weighted by molar-refractivity contribution is 0.0853. The summed E-state index contributed by atoms with van der Waals surface area (Å²) in [6.07, 6.45) is 1.000. The Morgan fingerprint density at radius 3 is 2.62 bits per heavy atom. The number of hydrogen-bond donors (Lipinski definition) is 3. The lowest BCUT2D eigenvalue weighted by atomic mass is 10.0. The molecular formula is C19H20N2O3. The van der Waals surface area contributed by atoms with Crippen molar-refractivity contribution in [2.24, 2.45) is 0 Å². The number of hydrogen-bond acceptors (Lipinski definition) is 3. The number of aliphatic hydroxyl groups is 1. The summed E-state index contributed by atoms with van der Waals surface area (Å²) in [5, 5.41) is 14.3. The zero-order chi connectivity index (χ0) is 17.1. The van der Waals surface area contributed by atoms with Crippen LogP contribution in [-0.4, -0.2) is 29.1 Å². The van der Waals surface area contributed by atoms with E-state index in [4.69, 9.17) is 4.74 Å². The van der Waals surface area contributed by atoms with Gasteiger partial charge in [-0.3, -0.25) is 4.79 Å². The van der Waals surface area contributed by atoms with Crippen molar-refractivity contribution < 1.29 is 14.6 Å². The van der Waals surface area contributed by atoms with Crippen LogP contribution in [0.3, 0.4) is 0 Å². The molecule has 3 aromatic rings. The Hall–Kier alpha value is -2.79. The summed E-state index contributed by atoms with van der Waals surface area (Å²) in [6.45, 7) is 1.78. The fourth-order valence-corrected chi connectivity index (χ4v) is 2.73. The number of carbonyl (C=O) groups is 1. The van der Waals surface area contributed by atoms with Crippen molar-refractivity contribution in [3.05, 3.63) is 65.9 Å². The van der Waals surface area contributed by atoms with Crippen molar-refractivity contribution in [2.75, 3.05) is 7.11 Å². The molecule has 24 heavy (non-hydrogen) atoms. The Bertz CT molecular complexity index is 839. The second kappa shape index (κ2) is 6.76. The normalized spacial score (nSPS) is 13.5. The maximum absolute atomic E-state index is 12.5. The van der Waals surface area contributed by atoms with Gasteiger partial charge in [0.15, 0.2) is 0 Å². The molecule has 2 unspecified atom stereocenters. The van der Waals surface area contributed by atoms with Gasteiger partial charge in [-0.05, 0) is 36.8 Å². The van der Waals surface area contributed by atoms with Crippen LogP contribution in [0.25, 0.3) is 10.9 Å². The molecule has 3 N–H and O–H groups in total. The summed E-state index contributed by atoms with van der Waals surface area (Å²) in [5.41, 5.74) is 2.08. The van der Waals surface area contributed by atoms with Crippen LogP contribution in [-0.2, 0) is 0 Å². The van der Waals surface area contributed by atoms with E-state index in [0.29, 0.717) is 5.56 Å². The van der Waals surface area contributed by atoms with E-state index in [2.05, 4.69) is 10.3 Å². The third-order valence-corrected chi connectivity index (χ3v) is 4.12. The van der Waals surface area contributed by atoms with Gasteiger partial charge in [0.1, 0.15) is 5.75 Å². The molecule has 0 bridgehead atoms. The third kappa shape index (κ3) is 3.12. The van der Waals surface area contributed by atoms with Gasteiger partial charge in [0.2, 0.25) is 0 Å². The average Bonchev–Trinajstić information content (AvgIpc) is 3.09. The number of rotatable bonds is 5. The van der Waals surface area contributed by atoms with Crippen LogP contribution in [0.15, 0.2) is 54.7 Å². The minimum absolute atomic E-state index is 0.219. The highest BCUT2D eigenvalue weighted by molar-refractivity contribution is 6.05. The van der Waals surface area contributed by atoms with E-state index in [0.717, 1.165) is 22.2 Å². The fourth-order valence-electron chi connectivity index (χ4n) is 2.73. The first-order valence-corrected chi connectivity index (χ1v) is 7.79. The molecule has 124 valence electrons. The quantitative estimate of drug-likeness (QED) is 0.675. The summed E-state index contributed by atoms with van der Waals surface area (Å²) in [5.74, 6) is 0.504. The highest BCUT2D eigenvalue weighted by Crippen LogP contribution is 2.21. The second-order valence-electron chi connectivity index (χ2n) is 5.73. The van der Waals surface area contributed by atoms with Crippen molar-refractivity contribution in [2.45, 2.75) is 19.1 Å². The molecule has 1 heterocycles. The standard InChI is InChI=1S/C19H20N2O3/c1-12(18(22)14-6-8-15(24-2)9-7-14)21-19(23)16-5-3-4-13-10-11-20-17(13)16/h3-12,18,20,22H,1-2H3,(H,21,23). The molecule has 1 amide bonds. The monoisotopic (exact) mass is 324 g/mol. The number of aromatic amines is 1. The summed E-state index contributed by atoms with van der Waals surface area (Å²) in [6, 6.07) is 14.2. The smallest absolute Gasteiger partial charge is 0.253 e. The van der Waals surface area contributed by atoms with Crippen LogP contribution in [0.2, 0.25) is 0 Å². The van der Waals surface area contributed by atoms with Crippen LogP contribution >= 0.6 is 0 Å². The molecule has 0 aliphatic heterocycles. The number of amides is 1. The van der Waals surface area contributed by atoms with E-state index in [1.54, 1.807) is 50.6 Å². The highest BCUT2D eigenvalue weighted by Gasteiger charge is 2.20. The maximum Gasteiger partial charge on any atom is 0.253 e. The van der Waals surface area contributed by atoms with Gasteiger partial charge in [-0.1, -0.05) is 24.3 Å². The first-order chi connectivity index (χ1) is 11.6. The Morgan fingerprint density at radius 1 is 1.17 bits per heavy atom. The third-order valence-electron chi connectivity index (χ3n) is 4.12. The number of ether oxygens (including phenoxy) is 1. The number of aromatic nitrogens is 1. The molecule has 2 aromatic carbocycles. The summed E-state index contributed by atoms with van der Waals surface area (Å²) >= 11 is 0. The van der Waals surface area contributed by atoms with Crippen molar-refractivity contribution in [3.8, 4) is 5.75 Å². The molecule has 0 aliphatic carbocycles. The maximum atomic E-state index is 12.5. The molecule has 0 fully saturated rings. The summed E-state index contributed by atoms with van der Waals surface area (Å²) < 4.78 is 5.11. The molecule has 0 saturated carbocycles. The topological polar surface area (TPSA) is 74.3 Å². The first-order valence-electron chi connectivity index (χ1n) is 7.79. The van der Waals surface area contributed by atoms with E-state index in [9.17, 15) is 9.90 Å². The first kappa shape index (κ1) is 16.1. The Balaban J connectivity index is 1.74. The molecule has 3 rings (SSSR count). The van der Waals surface area contributed by atoms with Crippen LogP contribution in [0, 0.1) is 0 Å². The number of carbonyl (C=O) groups excluding carboxylic acids is 1. The van der Waals surface area contributed by atoms with E-state index in [-0.39, 0.29) is 5.91 Å². The Morgan fingerprint density at radius 2 is 1.92 bits per heavy atom. The number of aliphatic hydroxyl groups excluding tert-OH is 1. The van der Waals surface area contributed by atoms with Crippen LogP contribution in [0.4, 0.5) is 0 Å². The van der Waals surface area contributed by atoms with Gasteiger partial charge in [-0.25, -0.2) is 0 Å². The SMILES string of the molecule is COc1ccc(C(O)C(C)NC(=O)c2cccc3cc[nH]c23)cc1. The number of nitrogens with one attached hydrogen (secondary N) is 2. The number of H-pyrrole nitrogens is 1. The zero-order valence-corrected chi connectivity index (χ0v) is 13.6. The molecule has 0 aliphatic rings. The predicted molar refractivity (Wildman–Crippen MR) is 93.2 cm³/mol. The van der Waals surface area contributed by atoms with Gasteiger partial charge in [-0.2, -0.15) is 0 Å². The van der Waals surface area contributed by atoms with Crippen molar-refractivity contribution in [1.82, 2.24) is 10.3 Å². The summed E-state index contributed by atoms with van der Waals surface area (Å²) in [4.78, 5) is 15.6. The van der Waals surface area contributed by atoms with E-state index >= 15 is 0 Å². The van der Waals surface area contributed by atoms with E-state index < -0.39 is 12.1 Å². The van der Waals surface area contributed by atoms with Gasteiger partial charge < -0.3 is 20.1 Å². The van der Waals surface area contributed by atoms with Gasteiger partial charge in [-0.15, -0.1) is 0 Å². The highest BCUT2D eigenvalue weighted by atomic mass is 16.5. The molecule has 5 heteroatoms. The van der Waals surface area contributed by atoms with Gasteiger partial charge in [0.05, 0.1) is 30.3 Å². The zero-order valence-electron chi connectivity index (χ0n) is 13.6. The minimum Gasteiger partial charge on any atom is -0.497 e. The summed E-state index contributed by atoms with van der Waals surface area (Å²) in [7, 11) is 1.59. The molecule has 5 nitrogen and oxygen atoms in total. The van der Waals surface area contributed by atoms with Crippen LogP contribution in [0.1, 0.15) is 28.9 Å². The predicted octanol–water partition coefficient (Wildman–Crippen LogP) is 3.03. The van der Waals surface area contributed by atoms with E-state index in [1.807, 2.05) is 18.2 Å². The lowest BCUT2D eigenvalue weighted by Crippen LogP contribution is -2.37. The second-order valence-corrected chi connectivity index (χ2v) is 5.73. The molecule has 1 aromatic heterocycles. The fraction of sp³-hybridized carbons (Fsp3) is 0.211. The van der Waals surface area contributed by atoms with Crippen molar-refractivity contribution in [1.29, 1.82) is 0 Å². The number of fused-ring (bicyclic) bond motifs is 1. The largest absolute Gasteiger partial charge is 0.497 e. The van der Waals surface area contributed by atoms with E-state index in [1.165, 1.54) is 0 Å². The molecule has 0 spiro atoms. The number of methoxy groups -OCH3 is 1. The van der Waals surface area contributed by atoms with Gasteiger partial charge in [0.25, 0.3) is 5.91 Å².